The maximum absolute atomic E-state index is 6.27. The molecule has 0 radical (unpaired) electrons. The lowest BCUT2D eigenvalue weighted by Gasteiger charge is -2.04. The monoisotopic (exact) mass is 286 g/mol. The molecule has 0 spiro atoms. The van der Waals surface area contributed by atoms with Crippen LogP contribution in [0.15, 0.2) is 18.5 Å². The third kappa shape index (κ3) is 1.39. The quantitative estimate of drug-likeness (QED) is 0.505. The zero-order valence-electron chi connectivity index (χ0n) is 11.0. The van der Waals surface area contributed by atoms with Gasteiger partial charge in [-0.15, -0.1) is 0 Å². The van der Waals surface area contributed by atoms with Crippen LogP contribution in [-0.4, -0.2) is 29.4 Å². The Kier molecular flexibility index (Phi) is 2.26. The molecule has 0 fully saturated rings. The van der Waals surface area contributed by atoms with Crippen LogP contribution >= 0.6 is 11.6 Å². The second-order valence-corrected chi connectivity index (χ2v) is 5.03. The molecule has 0 unspecified atom stereocenters. The lowest BCUT2D eigenvalue weighted by molar-refractivity contribution is 0.677. The molecule has 0 aliphatic rings. The van der Waals surface area contributed by atoms with Gasteiger partial charge in [0, 0.05) is 18.8 Å². The summed E-state index contributed by atoms with van der Waals surface area (Å²) in [5.41, 5.74) is 3.36. The molecule has 0 aromatic carbocycles. The van der Waals surface area contributed by atoms with Crippen molar-refractivity contribution in [2.45, 2.75) is 20.4 Å². The van der Waals surface area contributed by atoms with Gasteiger partial charge in [0.15, 0.2) is 11.3 Å². The topological polar surface area (TPSA) is 60.9 Å². The molecule has 4 rings (SSSR count). The Morgan fingerprint density at radius 1 is 1.25 bits per heavy atom. The first-order chi connectivity index (χ1) is 9.69. The van der Waals surface area contributed by atoms with Gasteiger partial charge in [-0.1, -0.05) is 11.6 Å². The second-order valence-electron chi connectivity index (χ2n) is 4.68. The van der Waals surface area contributed by atoms with Crippen LogP contribution in [0.1, 0.15) is 12.6 Å². The van der Waals surface area contributed by atoms with Crippen LogP contribution in [-0.2, 0) is 6.54 Å². The third-order valence-corrected chi connectivity index (χ3v) is 3.68. The maximum atomic E-state index is 6.27. The smallest absolute Gasteiger partial charge is 0.159 e. The number of aromatic nitrogens is 6. The average Bonchev–Trinajstić information content (AvgIpc) is 3.00. The molecule has 100 valence electrons. The van der Waals surface area contributed by atoms with Crippen LogP contribution in [0.2, 0.25) is 5.15 Å². The van der Waals surface area contributed by atoms with Crippen molar-refractivity contribution < 1.29 is 0 Å². The van der Waals surface area contributed by atoms with Gasteiger partial charge >= 0.3 is 0 Å². The van der Waals surface area contributed by atoms with Crippen LogP contribution in [0.4, 0.5) is 0 Å². The molecule has 0 saturated carbocycles. The summed E-state index contributed by atoms with van der Waals surface area (Å²) >= 11 is 6.27. The molecule has 7 heteroatoms. The summed E-state index contributed by atoms with van der Waals surface area (Å²) < 4.78 is 3.66. The van der Waals surface area contributed by atoms with Crippen LogP contribution < -0.4 is 0 Å². The molecule has 20 heavy (non-hydrogen) atoms. The molecule has 0 bridgehead atoms. The van der Waals surface area contributed by atoms with E-state index in [9.17, 15) is 0 Å². The van der Waals surface area contributed by atoms with E-state index in [1.807, 2.05) is 29.1 Å². The average molecular weight is 287 g/mol. The SMILES string of the molecule is CCn1ncc2c1ncc1c(Cl)nc3cc(C)nn3c12. The van der Waals surface area contributed by atoms with Gasteiger partial charge in [0.1, 0.15) is 5.15 Å². The fourth-order valence-electron chi connectivity index (χ4n) is 2.52. The molecular formula is C13H11ClN6. The molecule has 0 aliphatic carbocycles. The molecule has 0 N–H and O–H groups in total. The number of pyridine rings is 1. The van der Waals surface area contributed by atoms with Crippen LogP contribution in [0.5, 0.6) is 0 Å². The molecule has 4 aromatic heterocycles. The van der Waals surface area contributed by atoms with E-state index in [1.54, 1.807) is 12.4 Å². The van der Waals surface area contributed by atoms with Gasteiger partial charge in [-0.3, -0.25) is 0 Å². The van der Waals surface area contributed by atoms with E-state index in [1.165, 1.54) is 0 Å². The van der Waals surface area contributed by atoms with Crippen molar-refractivity contribution in [3.05, 3.63) is 29.3 Å². The Labute approximate surface area is 119 Å². The Balaban J connectivity index is 2.32. The summed E-state index contributed by atoms with van der Waals surface area (Å²) in [6.45, 7) is 4.73. The number of nitrogens with zero attached hydrogens (tertiary/aromatic N) is 6. The van der Waals surface area contributed by atoms with Gasteiger partial charge < -0.3 is 0 Å². The second kappa shape index (κ2) is 3.89. The molecule has 0 amide bonds. The standard InChI is InChI=1S/C13H11ClN6/c1-3-19-13-9(6-16-19)11-8(5-15-13)12(14)17-10-4-7(2)18-20(10)11/h4-6H,3H2,1-2H3. The Morgan fingerprint density at radius 2 is 2.10 bits per heavy atom. The number of hydrogen-bond acceptors (Lipinski definition) is 4. The fourth-order valence-corrected chi connectivity index (χ4v) is 2.74. The molecule has 4 heterocycles. The predicted molar refractivity (Wildman–Crippen MR) is 77.0 cm³/mol. The van der Waals surface area contributed by atoms with E-state index in [2.05, 4.69) is 20.2 Å². The summed E-state index contributed by atoms with van der Waals surface area (Å²) in [5, 5.41) is 11.0. The van der Waals surface area contributed by atoms with E-state index >= 15 is 0 Å². The normalized spacial score (nSPS) is 11.9. The van der Waals surface area contributed by atoms with Crippen molar-refractivity contribution in [1.82, 2.24) is 29.4 Å². The lowest BCUT2D eigenvalue weighted by Crippen LogP contribution is -1.99. The first kappa shape index (κ1) is 11.6. The highest BCUT2D eigenvalue weighted by molar-refractivity contribution is 6.35. The van der Waals surface area contributed by atoms with E-state index < -0.39 is 0 Å². The first-order valence-electron chi connectivity index (χ1n) is 6.35. The van der Waals surface area contributed by atoms with Crippen molar-refractivity contribution in [3.8, 4) is 0 Å². The zero-order valence-corrected chi connectivity index (χ0v) is 11.8. The first-order valence-corrected chi connectivity index (χ1v) is 6.73. The van der Waals surface area contributed by atoms with Gasteiger partial charge in [-0.05, 0) is 13.8 Å². The minimum Gasteiger partial charge on any atom is -0.248 e. The van der Waals surface area contributed by atoms with Crippen LogP contribution in [0, 0.1) is 6.92 Å². The molecule has 6 nitrogen and oxygen atoms in total. The molecule has 4 aromatic rings. The van der Waals surface area contributed by atoms with Gasteiger partial charge in [0.2, 0.25) is 0 Å². The van der Waals surface area contributed by atoms with Crippen molar-refractivity contribution in [2.75, 3.05) is 0 Å². The summed E-state index contributed by atoms with van der Waals surface area (Å²) in [4.78, 5) is 8.81. The highest BCUT2D eigenvalue weighted by atomic mass is 35.5. The molecule has 0 atom stereocenters. The van der Waals surface area contributed by atoms with Gasteiger partial charge in [0.25, 0.3) is 0 Å². The minimum absolute atomic E-state index is 0.436. The Bertz CT molecular complexity index is 967. The van der Waals surface area contributed by atoms with E-state index in [4.69, 9.17) is 11.6 Å². The molecule has 0 aliphatic heterocycles. The molecule has 0 saturated heterocycles. The third-order valence-electron chi connectivity index (χ3n) is 3.40. The number of hydrogen-bond donors (Lipinski definition) is 0. The summed E-state index contributed by atoms with van der Waals surface area (Å²) in [7, 11) is 0. The Morgan fingerprint density at radius 3 is 2.90 bits per heavy atom. The highest BCUT2D eigenvalue weighted by Crippen LogP contribution is 2.28. The fraction of sp³-hybridized carbons (Fsp3) is 0.231. The van der Waals surface area contributed by atoms with E-state index in [-0.39, 0.29) is 0 Å². The number of fused-ring (bicyclic) bond motifs is 5. The lowest BCUT2D eigenvalue weighted by atomic mass is 10.2. The van der Waals surface area contributed by atoms with Crippen molar-refractivity contribution in [3.63, 3.8) is 0 Å². The van der Waals surface area contributed by atoms with Crippen molar-refractivity contribution in [1.29, 1.82) is 0 Å². The number of halogens is 1. The zero-order chi connectivity index (χ0) is 13.9. The van der Waals surface area contributed by atoms with Crippen molar-refractivity contribution in [2.24, 2.45) is 0 Å². The van der Waals surface area contributed by atoms with Gasteiger partial charge in [0.05, 0.1) is 28.2 Å². The van der Waals surface area contributed by atoms with Gasteiger partial charge in [-0.2, -0.15) is 10.2 Å². The highest BCUT2D eigenvalue weighted by Gasteiger charge is 2.15. The summed E-state index contributed by atoms with van der Waals surface area (Å²) in [6, 6.07) is 1.90. The van der Waals surface area contributed by atoms with Crippen molar-refractivity contribution >= 4 is 39.2 Å². The minimum atomic E-state index is 0.436. The van der Waals surface area contributed by atoms with Crippen LogP contribution in [0.3, 0.4) is 0 Å². The molecular weight excluding hydrogens is 276 g/mol. The largest absolute Gasteiger partial charge is 0.248 e. The number of rotatable bonds is 1. The summed E-state index contributed by atoms with van der Waals surface area (Å²) in [6.07, 6.45) is 3.54. The maximum Gasteiger partial charge on any atom is 0.159 e. The van der Waals surface area contributed by atoms with Crippen LogP contribution in [0.25, 0.3) is 27.6 Å². The number of aryl methyl sites for hydroxylation is 2. The Hall–Kier alpha value is -2.21. The predicted octanol–water partition coefficient (Wildman–Crippen LogP) is 2.61. The van der Waals surface area contributed by atoms with E-state index in [0.29, 0.717) is 5.15 Å². The summed E-state index contributed by atoms with van der Waals surface area (Å²) in [5.74, 6) is 0. The van der Waals surface area contributed by atoms with E-state index in [0.717, 1.165) is 39.8 Å². The van der Waals surface area contributed by atoms with Gasteiger partial charge in [-0.25, -0.2) is 19.2 Å².